The van der Waals surface area contributed by atoms with Crippen molar-refractivity contribution in [1.82, 2.24) is 5.43 Å². The second-order valence-electron chi connectivity index (χ2n) is 7.55. The van der Waals surface area contributed by atoms with Gasteiger partial charge in [-0.15, -0.1) is 0 Å². The van der Waals surface area contributed by atoms with Crippen LogP contribution in [0.5, 0.6) is 0 Å². The third-order valence-corrected chi connectivity index (χ3v) is 6.56. The topological polar surface area (TPSA) is 78.8 Å². The minimum atomic E-state index is -4.59. The fourth-order valence-corrected chi connectivity index (χ4v) is 4.76. The molecule has 3 aromatic carbocycles. The molecule has 178 valence electrons. The molecule has 0 aliphatic rings. The largest absolute Gasteiger partial charge is 0.417 e. The number of nitrogens with zero attached hydrogens (tertiary/aromatic N) is 2. The van der Waals surface area contributed by atoms with E-state index in [2.05, 4.69) is 10.5 Å². The van der Waals surface area contributed by atoms with Crippen molar-refractivity contribution in [1.29, 1.82) is 0 Å². The van der Waals surface area contributed by atoms with Gasteiger partial charge in [0.05, 0.1) is 22.4 Å². The predicted octanol–water partition coefficient (Wildman–Crippen LogP) is 4.67. The molecule has 0 spiro atoms. The summed E-state index contributed by atoms with van der Waals surface area (Å²) in [4.78, 5) is 12.6. The number of benzene rings is 3. The molecule has 0 atom stereocenters. The first-order valence-corrected chi connectivity index (χ1v) is 11.6. The van der Waals surface area contributed by atoms with Crippen LogP contribution >= 0.6 is 0 Å². The summed E-state index contributed by atoms with van der Waals surface area (Å²) >= 11 is 0. The maximum atomic E-state index is 13.3. The summed E-state index contributed by atoms with van der Waals surface area (Å²) in [5.41, 5.74) is 2.85. The number of carbonyl (C=O) groups is 1. The Hall–Kier alpha value is -3.66. The van der Waals surface area contributed by atoms with Crippen LogP contribution in [0.1, 0.15) is 22.3 Å². The van der Waals surface area contributed by atoms with Gasteiger partial charge in [-0.3, -0.25) is 9.10 Å². The Morgan fingerprint density at radius 2 is 1.56 bits per heavy atom. The molecule has 3 rings (SSSR count). The Labute approximate surface area is 195 Å². The van der Waals surface area contributed by atoms with Gasteiger partial charge in [-0.1, -0.05) is 42.5 Å². The summed E-state index contributed by atoms with van der Waals surface area (Å²) in [6.45, 7) is 2.97. The molecule has 10 heteroatoms. The van der Waals surface area contributed by atoms with E-state index in [1.165, 1.54) is 30.3 Å². The van der Waals surface area contributed by atoms with Gasteiger partial charge in [-0.2, -0.15) is 18.3 Å². The number of alkyl halides is 3. The third-order valence-electron chi connectivity index (χ3n) is 4.77. The zero-order valence-electron chi connectivity index (χ0n) is 18.4. The van der Waals surface area contributed by atoms with Gasteiger partial charge in [0.25, 0.3) is 15.9 Å². The highest BCUT2D eigenvalue weighted by molar-refractivity contribution is 7.92. The van der Waals surface area contributed by atoms with Gasteiger partial charge in [-0.25, -0.2) is 13.8 Å². The first-order chi connectivity index (χ1) is 16.0. The number of amides is 1. The summed E-state index contributed by atoms with van der Waals surface area (Å²) in [7, 11) is -4.11. The van der Waals surface area contributed by atoms with E-state index in [1.807, 2.05) is 6.07 Å². The van der Waals surface area contributed by atoms with Crippen LogP contribution < -0.4 is 9.73 Å². The predicted molar refractivity (Wildman–Crippen MR) is 124 cm³/mol. The van der Waals surface area contributed by atoms with E-state index in [4.69, 9.17) is 0 Å². The Morgan fingerprint density at radius 3 is 2.18 bits per heavy atom. The fraction of sp³-hybridized carbons (Fsp3) is 0.167. The van der Waals surface area contributed by atoms with E-state index >= 15 is 0 Å². The molecule has 1 amide bonds. The summed E-state index contributed by atoms with van der Waals surface area (Å²) < 4.78 is 67.0. The molecule has 0 aromatic heterocycles. The van der Waals surface area contributed by atoms with Crippen LogP contribution in [0.4, 0.5) is 18.9 Å². The zero-order valence-corrected chi connectivity index (χ0v) is 19.2. The van der Waals surface area contributed by atoms with Gasteiger partial charge >= 0.3 is 6.18 Å². The molecule has 0 fully saturated rings. The van der Waals surface area contributed by atoms with Crippen LogP contribution in [-0.4, -0.2) is 27.1 Å². The first kappa shape index (κ1) is 25.0. The number of carbonyl (C=O) groups excluding carboxylic acids is 1. The monoisotopic (exact) mass is 489 g/mol. The Balaban J connectivity index is 1.88. The molecule has 0 aliphatic carbocycles. The molecule has 0 radical (unpaired) electrons. The average Bonchev–Trinajstić information content (AvgIpc) is 2.77. The highest BCUT2D eigenvalue weighted by Gasteiger charge is 2.32. The van der Waals surface area contributed by atoms with Gasteiger partial charge in [-0.05, 0) is 55.3 Å². The number of nitrogens with one attached hydrogen (secondary N) is 1. The first-order valence-electron chi connectivity index (χ1n) is 10.1. The second kappa shape index (κ2) is 10.1. The van der Waals surface area contributed by atoms with E-state index in [0.717, 1.165) is 27.7 Å². The number of sulfonamides is 1. The number of hydrogen-bond acceptors (Lipinski definition) is 4. The summed E-state index contributed by atoms with van der Waals surface area (Å²) in [5, 5.41) is 3.61. The molecule has 0 heterocycles. The number of hydrogen-bond donors (Lipinski definition) is 1. The van der Waals surface area contributed by atoms with Crippen molar-refractivity contribution in [2.45, 2.75) is 24.9 Å². The van der Waals surface area contributed by atoms with Crippen LogP contribution in [-0.2, 0) is 21.0 Å². The van der Waals surface area contributed by atoms with Crippen molar-refractivity contribution in [3.05, 3.63) is 95.1 Å². The standard InChI is InChI=1S/C24H22F3N3O3S/c1-17-12-18(2)14-20(13-17)30(34(32,33)21-9-4-3-5-10-21)16-23(31)29-28-15-19-8-6-7-11-22(19)24(25,26)27/h3-15H,16H2,1-2H3,(H,29,31)/b28-15+. The van der Waals surface area contributed by atoms with Gasteiger partial charge in [0.15, 0.2) is 0 Å². The van der Waals surface area contributed by atoms with Gasteiger partial charge in [0.1, 0.15) is 6.54 Å². The lowest BCUT2D eigenvalue weighted by atomic mass is 10.1. The van der Waals surface area contributed by atoms with Crippen molar-refractivity contribution < 1.29 is 26.4 Å². The van der Waals surface area contributed by atoms with Crippen LogP contribution in [0.25, 0.3) is 0 Å². The second-order valence-corrected chi connectivity index (χ2v) is 9.41. The van der Waals surface area contributed by atoms with Crippen molar-refractivity contribution in [3.8, 4) is 0 Å². The fourth-order valence-electron chi connectivity index (χ4n) is 3.34. The van der Waals surface area contributed by atoms with E-state index in [9.17, 15) is 26.4 Å². The highest BCUT2D eigenvalue weighted by Crippen LogP contribution is 2.31. The van der Waals surface area contributed by atoms with Crippen molar-refractivity contribution in [2.75, 3.05) is 10.8 Å². The molecular weight excluding hydrogens is 467 g/mol. The SMILES string of the molecule is Cc1cc(C)cc(N(CC(=O)N/N=C/c2ccccc2C(F)(F)F)S(=O)(=O)c2ccccc2)c1. The van der Waals surface area contributed by atoms with Crippen molar-refractivity contribution in [2.24, 2.45) is 5.10 Å². The number of hydrazone groups is 1. The minimum Gasteiger partial charge on any atom is -0.271 e. The van der Waals surface area contributed by atoms with E-state index in [0.29, 0.717) is 0 Å². The lowest BCUT2D eigenvalue weighted by Gasteiger charge is -2.24. The van der Waals surface area contributed by atoms with Crippen molar-refractivity contribution >= 4 is 27.8 Å². The van der Waals surface area contributed by atoms with E-state index in [-0.39, 0.29) is 16.1 Å². The minimum absolute atomic E-state index is 0.00966. The molecule has 1 N–H and O–H groups in total. The zero-order chi connectivity index (χ0) is 24.9. The molecular formula is C24H22F3N3O3S. The summed E-state index contributed by atoms with van der Waals surface area (Å²) in [6.07, 6.45) is -3.72. The van der Waals surface area contributed by atoms with Crippen LogP contribution in [0.3, 0.4) is 0 Å². The van der Waals surface area contributed by atoms with Crippen LogP contribution in [0.15, 0.2) is 82.8 Å². The molecule has 0 aliphatic heterocycles. The highest BCUT2D eigenvalue weighted by atomic mass is 32.2. The normalized spacial score (nSPS) is 12.0. The molecule has 0 saturated carbocycles. The van der Waals surface area contributed by atoms with Crippen LogP contribution in [0.2, 0.25) is 0 Å². The number of anilines is 1. The molecule has 0 unspecified atom stereocenters. The van der Waals surface area contributed by atoms with Crippen molar-refractivity contribution in [3.63, 3.8) is 0 Å². The Kier molecular flexibility index (Phi) is 7.41. The number of rotatable bonds is 7. The number of aryl methyl sites for hydroxylation is 2. The summed E-state index contributed by atoms with van der Waals surface area (Å²) in [5.74, 6) is -0.820. The third kappa shape index (κ3) is 6.02. The van der Waals surface area contributed by atoms with Gasteiger partial charge in [0.2, 0.25) is 0 Å². The Morgan fingerprint density at radius 1 is 0.971 bits per heavy atom. The van der Waals surface area contributed by atoms with E-state index < -0.39 is 34.2 Å². The maximum absolute atomic E-state index is 13.3. The smallest absolute Gasteiger partial charge is 0.271 e. The molecule has 3 aromatic rings. The maximum Gasteiger partial charge on any atom is 0.417 e. The quantitative estimate of drug-likeness (QED) is 0.387. The summed E-state index contributed by atoms with van der Waals surface area (Å²) in [6, 6.07) is 17.5. The van der Waals surface area contributed by atoms with Gasteiger partial charge < -0.3 is 0 Å². The molecule has 0 bridgehead atoms. The molecule has 34 heavy (non-hydrogen) atoms. The lowest BCUT2D eigenvalue weighted by molar-refractivity contribution is -0.137. The van der Waals surface area contributed by atoms with E-state index in [1.54, 1.807) is 44.2 Å². The molecule has 0 saturated heterocycles. The lowest BCUT2D eigenvalue weighted by Crippen LogP contribution is -2.39. The van der Waals surface area contributed by atoms with Gasteiger partial charge in [0, 0.05) is 5.56 Å². The Bertz CT molecular complexity index is 1290. The van der Waals surface area contributed by atoms with Crippen LogP contribution in [0, 0.1) is 13.8 Å². The average molecular weight is 490 g/mol. The number of halogens is 3. The molecule has 6 nitrogen and oxygen atoms in total.